The summed E-state index contributed by atoms with van der Waals surface area (Å²) in [6.45, 7) is -0.0173. The first-order valence-corrected chi connectivity index (χ1v) is 7.82. The molecule has 0 amide bonds. The molecule has 5 rings (SSSR count). The highest BCUT2D eigenvalue weighted by molar-refractivity contribution is 6.06. The van der Waals surface area contributed by atoms with Gasteiger partial charge in [-0.25, -0.2) is 0 Å². The van der Waals surface area contributed by atoms with Gasteiger partial charge in [0.1, 0.15) is 12.6 Å². The van der Waals surface area contributed by atoms with Crippen molar-refractivity contribution in [2.75, 3.05) is 0 Å². The standard InChI is InChI=1S/C21H18NO/c1-12-8-18-21(22(3)11-12)20-13(2)19-15(10-17(20)23-18)9-14-6-4-5-7-16(14)19/h4-8,10-11H,9H2,1-3H3/q+1/i1D3. The minimum absolute atomic E-state index is 0.294. The Hall–Kier alpha value is -2.61. The number of aromatic nitrogens is 1. The molecule has 0 unspecified atom stereocenters. The summed E-state index contributed by atoms with van der Waals surface area (Å²) in [5, 5.41) is 1.06. The van der Waals surface area contributed by atoms with Crippen LogP contribution in [0.1, 0.15) is 26.4 Å². The van der Waals surface area contributed by atoms with Crippen LogP contribution in [0.3, 0.4) is 0 Å². The molecule has 0 radical (unpaired) electrons. The normalized spacial score (nSPS) is 15.3. The Morgan fingerprint density at radius 2 is 2.00 bits per heavy atom. The highest BCUT2D eigenvalue weighted by atomic mass is 16.3. The van der Waals surface area contributed by atoms with Crippen LogP contribution in [0.25, 0.3) is 33.2 Å². The number of furan rings is 1. The molecule has 0 fully saturated rings. The van der Waals surface area contributed by atoms with Crippen LogP contribution in [0.15, 0.2) is 47.0 Å². The summed E-state index contributed by atoms with van der Waals surface area (Å²) < 4.78 is 31.0. The fourth-order valence-electron chi connectivity index (χ4n) is 4.06. The van der Waals surface area contributed by atoms with Gasteiger partial charge >= 0.3 is 0 Å². The van der Waals surface area contributed by atoms with Gasteiger partial charge in [0.2, 0.25) is 0 Å². The van der Waals surface area contributed by atoms with Gasteiger partial charge in [-0.15, -0.1) is 0 Å². The zero-order valence-corrected chi connectivity index (χ0v) is 13.1. The molecular formula is C21H18NO+. The maximum Gasteiger partial charge on any atom is 0.259 e. The third kappa shape index (κ3) is 1.61. The number of hydrogen-bond donors (Lipinski definition) is 0. The van der Waals surface area contributed by atoms with E-state index in [-0.39, 0.29) is 0 Å². The number of benzene rings is 2. The van der Waals surface area contributed by atoms with Gasteiger partial charge < -0.3 is 4.42 Å². The number of aryl methyl sites for hydroxylation is 3. The minimum Gasteiger partial charge on any atom is -0.449 e. The molecule has 0 N–H and O–H groups in total. The molecule has 4 aromatic rings. The predicted octanol–water partition coefficient (Wildman–Crippen LogP) is 4.60. The Morgan fingerprint density at radius 1 is 1.13 bits per heavy atom. The number of nitrogens with zero attached hydrogens (tertiary/aromatic N) is 1. The van der Waals surface area contributed by atoms with E-state index in [9.17, 15) is 0 Å². The molecule has 23 heavy (non-hydrogen) atoms. The Labute approximate surface area is 139 Å². The SMILES string of the molecule is [2H]C([2H])([2H])c1cc2oc3cc4c(c(C)c3c2[n+](C)c1)-c1ccccc1C4. The van der Waals surface area contributed by atoms with E-state index in [0.717, 1.165) is 22.9 Å². The van der Waals surface area contributed by atoms with Crippen LogP contribution in [0.2, 0.25) is 0 Å². The van der Waals surface area contributed by atoms with Gasteiger partial charge in [-0.1, -0.05) is 24.3 Å². The summed E-state index contributed by atoms with van der Waals surface area (Å²) in [7, 11) is 1.88. The van der Waals surface area contributed by atoms with Crippen molar-refractivity contribution in [3.05, 3.63) is 64.8 Å². The van der Waals surface area contributed by atoms with E-state index < -0.39 is 6.85 Å². The molecule has 2 heteroatoms. The zero-order valence-electron chi connectivity index (χ0n) is 16.1. The fraction of sp³-hybridized carbons (Fsp3) is 0.190. The lowest BCUT2D eigenvalue weighted by Crippen LogP contribution is -2.28. The van der Waals surface area contributed by atoms with Crippen LogP contribution >= 0.6 is 0 Å². The molecule has 2 heterocycles. The van der Waals surface area contributed by atoms with Crippen LogP contribution in [0, 0.1) is 13.8 Å². The number of fused-ring (bicyclic) bond motifs is 6. The summed E-state index contributed by atoms with van der Waals surface area (Å²) in [6.07, 6.45) is 2.59. The Kier molecular flexibility index (Phi) is 1.88. The van der Waals surface area contributed by atoms with Gasteiger partial charge in [0.15, 0.2) is 11.8 Å². The van der Waals surface area contributed by atoms with Gasteiger partial charge in [0, 0.05) is 9.68 Å². The van der Waals surface area contributed by atoms with Crippen molar-refractivity contribution < 1.29 is 13.1 Å². The van der Waals surface area contributed by atoms with Crippen LogP contribution in [0.5, 0.6) is 0 Å². The first kappa shape index (κ1) is 10.2. The fourth-order valence-corrected chi connectivity index (χ4v) is 4.06. The monoisotopic (exact) mass is 303 g/mol. The van der Waals surface area contributed by atoms with Gasteiger partial charge in [0.25, 0.3) is 5.52 Å². The third-order valence-electron chi connectivity index (χ3n) is 4.95. The van der Waals surface area contributed by atoms with Crippen molar-refractivity contribution in [3.8, 4) is 11.1 Å². The second kappa shape index (κ2) is 4.23. The highest BCUT2D eigenvalue weighted by Gasteiger charge is 2.26. The molecule has 0 saturated heterocycles. The molecule has 0 spiro atoms. The second-order valence-electron chi connectivity index (χ2n) is 6.40. The van der Waals surface area contributed by atoms with Crippen LogP contribution in [-0.2, 0) is 13.5 Å². The molecule has 1 aliphatic carbocycles. The first-order valence-electron chi connectivity index (χ1n) is 9.32. The van der Waals surface area contributed by atoms with Gasteiger partial charge in [-0.3, -0.25) is 0 Å². The lowest BCUT2D eigenvalue weighted by molar-refractivity contribution is -0.644. The van der Waals surface area contributed by atoms with E-state index in [1.54, 1.807) is 12.3 Å². The van der Waals surface area contributed by atoms with E-state index in [1.807, 2.05) is 11.6 Å². The van der Waals surface area contributed by atoms with Crippen LogP contribution in [-0.4, -0.2) is 0 Å². The molecule has 2 aromatic carbocycles. The molecule has 2 aromatic heterocycles. The Balaban J connectivity index is 1.88. The maximum atomic E-state index is 7.69. The third-order valence-corrected chi connectivity index (χ3v) is 4.95. The maximum absolute atomic E-state index is 7.69. The quantitative estimate of drug-likeness (QED) is 0.382. The molecular weight excluding hydrogens is 282 g/mol. The molecule has 0 bridgehead atoms. The zero-order chi connectivity index (χ0) is 18.2. The molecule has 0 saturated carbocycles. The smallest absolute Gasteiger partial charge is 0.259 e. The van der Waals surface area contributed by atoms with Crippen molar-refractivity contribution in [1.82, 2.24) is 0 Å². The summed E-state index contributed by atoms with van der Waals surface area (Å²) in [5.41, 5.74) is 9.07. The lowest BCUT2D eigenvalue weighted by Gasteiger charge is -2.06. The van der Waals surface area contributed by atoms with Gasteiger partial charge in [-0.05, 0) is 60.1 Å². The summed E-state index contributed by atoms with van der Waals surface area (Å²) in [6, 6.07) is 12.3. The largest absolute Gasteiger partial charge is 0.449 e. The van der Waals surface area contributed by atoms with E-state index in [1.165, 1.54) is 27.8 Å². The summed E-state index contributed by atoms with van der Waals surface area (Å²) >= 11 is 0. The van der Waals surface area contributed by atoms with Crippen molar-refractivity contribution in [2.45, 2.75) is 20.2 Å². The van der Waals surface area contributed by atoms with Crippen molar-refractivity contribution in [2.24, 2.45) is 7.05 Å². The van der Waals surface area contributed by atoms with Gasteiger partial charge in [-0.2, -0.15) is 4.57 Å². The highest BCUT2D eigenvalue weighted by Crippen LogP contribution is 2.43. The molecule has 0 aliphatic heterocycles. The summed E-state index contributed by atoms with van der Waals surface area (Å²) in [5.74, 6) is 0. The number of pyridine rings is 1. The number of rotatable bonds is 0. The number of hydrogen-bond acceptors (Lipinski definition) is 1. The van der Waals surface area contributed by atoms with E-state index in [4.69, 9.17) is 8.53 Å². The second-order valence-corrected chi connectivity index (χ2v) is 6.40. The Morgan fingerprint density at radius 3 is 2.87 bits per heavy atom. The average Bonchev–Trinajstić information content (AvgIpc) is 3.12. The minimum atomic E-state index is -2.15. The predicted molar refractivity (Wildman–Crippen MR) is 92.6 cm³/mol. The van der Waals surface area contributed by atoms with Crippen LogP contribution in [0.4, 0.5) is 0 Å². The molecule has 0 atom stereocenters. The summed E-state index contributed by atoms with van der Waals surface area (Å²) in [4.78, 5) is 0. The van der Waals surface area contributed by atoms with Crippen molar-refractivity contribution in [1.29, 1.82) is 0 Å². The van der Waals surface area contributed by atoms with Crippen LogP contribution < -0.4 is 4.57 Å². The van der Waals surface area contributed by atoms with E-state index in [2.05, 4.69) is 37.3 Å². The first-order chi connectivity index (χ1) is 12.3. The molecule has 112 valence electrons. The van der Waals surface area contributed by atoms with E-state index in [0.29, 0.717) is 11.1 Å². The van der Waals surface area contributed by atoms with Crippen molar-refractivity contribution in [3.63, 3.8) is 0 Å². The van der Waals surface area contributed by atoms with Crippen molar-refractivity contribution >= 4 is 22.1 Å². The topological polar surface area (TPSA) is 17.0 Å². The lowest BCUT2D eigenvalue weighted by atomic mass is 9.97. The van der Waals surface area contributed by atoms with E-state index >= 15 is 0 Å². The Bertz CT molecular complexity index is 1220. The van der Waals surface area contributed by atoms with Gasteiger partial charge in [0.05, 0.1) is 5.39 Å². The molecule has 1 aliphatic rings. The molecule has 2 nitrogen and oxygen atoms in total. The average molecular weight is 303 g/mol.